The molecular weight excluding hydrogens is 162 g/mol. The van der Waals surface area contributed by atoms with Gasteiger partial charge in [-0.2, -0.15) is 0 Å². The molecule has 0 unspecified atom stereocenters. The second kappa shape index (κ2) is 3.30. The molecule has 0 aromatic carbocycles. The molecule has 1 heterocycles. The van der Waals surface area contributed by atoms with Gasteiger partial charge in [-0.3, -0.25) is 4.99 Å². The molecule has 54 valence electrons. The molecule has 1 nitrogen and oxygen atoms in total. The molecule has 10 heavy (non-hydrogen) atoms. The minimum atomic E-state index is 0.709. The largest absolute Gasteiger partial charge is 0.289 e. The van der Waals surface area contributed by atoms with Gasteiger partial charge in [0.1, 0.15) is 0 Å². The van der Waals surface area contributed by atoms with Crippen LogP contribution in [0.25, 0.3) is 0 Å². The molecule has 0 bridgehead atoms. The van der Waals surface area contributed by atoms with Crippen LogP contribution in [-0.4, -0.2) is 12.8 Å². The zero-order valence-electron chi connectivity index (χ0n) is 5.70. The van der Waals surface area contributed by atoms with Gasteiger partial charge < -0.3 is 0 Å². The van der Waals surface area contributed by atoms with Crippen molar-refractivity contribution in [1.29, 1.82) is 0 Å². The van der Waals surface area contributed by atoms with Crippen molar-refractivity contribution in [3.63, 3.8) is 0 Å². The summed E-state index contributed by atoms with van der Waals surface area (Å²) in [5.41, 5.74) is 1.07. The molecule has 0 saturated heterocycles. The molecule has 3 heteroatoms. The van der Waals surface area contributed by atoms with Crippen LogP contribution >= 0.6 is 25.3 Å². The number of hydrogen-bond acceptors (Lipinski definition) is 3. The average molecular weight is 171 g/mol. The first kappa shape index (κ1) is 7.95. The summed E-state index contributed by atoms with van der Waals surface area (Å²) in [5, 5.41) is 0. The van der Waals surface area contributed by atoms with Gasteiger partial charge in [0.15, 0.2) is 0 Å². The molecule has 0 aromatic rings. The summed E-state index contributed by atoms with van der Waals surface area (Å²) in [7, 11) is 0. The second-order valence-corrected chi connectivity index (χ2v) is 3.04. The van der Waals surface area contributed by atoms with Gasteiger partial charge in [-0.15, -0.1) is 25.3 Å². The highest BCUT2D eigenvalue weighted by atomic mass is 32.1. The summed E-state index contributed by atoms with van der Waals surface area (Å²) in [6, 6.07) is 0. The SMILES string of the molecule is CC1=C(S)C(S)=CCN=C1. The normalized spacial score (nSPS) is 18.9. The van der Waals surface area contributed by atoms with Gasteiger partial charge in [0.05, 0.1) is 6.54 Å². The molecule has 0 aliphatic carbocycles. The second-order valence-electron chi connectivity index (χ2n) is 2.12. The van der Waals surface area contributed by atoms with E-state index in [1.54, 1.807) is 0 Å². The smallest absolute Gasteiger partial charge is 0.0584 e. The maximum Gasteiger partial charge on any atom is 0.0584 e. The Bertz CT molecular complexity index is 226. The first-order valence-corrected chi connectivity index (χ1v) is 3.90. The van der Waals surface area contributed by atoms with E-state index in [4.69, 9.17) is 0 Å². The van der Waals surface area contributed by atoms with Crippen LogP contribution in [0.15, 0.2) is 26.5 Å². The third-order valence-corrected chi connectivity index (χ3v) is 2.47. The van der Waals surface area contributed by atoms with E-state index in [1.165, 1.54) is 0 Å². The Balaban J connectivity index is 3.02. The van der Waals surface area contributed by atoms with Crippen LogP contribution in [0.5, 0.6) is 0 Å². The Morgan fingerprint density at radius 2 is 2.20 bits per heavy atom. The van der Waals surface area contributed by atoms with Gasteiger partial charge in [-0.25, -0.2) is 0 Å². The lowest BCUT2D eigenvalue weighted by Gasteiger charge is -1.97. The Hall–Kier alpha value is -0.150. The van der Waals surface area contributed by atoms with Gasteiger partial charge >= 0.3 is 0 Å². The lowest BCUT2D eigenvalue weighted by atomic mass is 10.3. The quantitative estimate of drug-likeness (QED) is 0.518. The molecule has 1 rings (SSSR count). The van der Waals surface area contributed by atoms with Crippen molar-refractivity contribution >= 4 is 31.5 Å². The Morgan fingerprint density at radius 1 is 1.50 bits per heavy atom. The molecule has 1 aliphatic rings. The van der Waals surface area contributed by atoms with Crippen LogP contribution in [0.2, 0.25) is 0 Å². The minimum Gasteiger partial charge on any atom is -0.289 e. The van der Waals surface area contributed by atoms with Crippen molar-refractivity contribution in [3.05, 3.63) is 21.5 Å². The fourth-order valence-electron chi connectivity index (χ4n) is 0.689. The molecule has 0 aromatic heterocycles. The lowest BCUT2D eigenvalue weighted by Crippen LogP contribution is -1.80. The van der Waals surface area contributed by atoms with Crippen LogP contribution in [0.4, 0.5) is 0 Å². The Labute approximate surface area is 71.7 Å². The highest BCUT2D eigenvalue weighted by Crippen LogP contribution is 2.22. The highest BCUT2D eigenvalue weighted by Gasteiger charge is 2.00. The van der Waals surface area contributed by atoms with E-state index in [2.05, 4.69) is 30.2 Å². The Kier molecular flexibility index (Phi) is 2.63. The maximum atomic E-state index is 4.26. The summed E-state index contributed by atoms with van der Waals surface area (Å²) < 4.78 is 0. The van der Waals surface area contributed by atoms with E-state index in [-0.39, 0.29) is 0 Å². The molecule has 0 saturated carbocycles. The predicted octanol–water partition coefficient (Wildman–Crippen LogP) is 2.09. The average Bonchev–Trinajstić information content (AvgIpc) is 2.04. The number of nitrogens with zero attached hydrogens (tertiary/aromatic N) is 1. The topological polar surface area (TPSA) is 12.4 Å². The highest BCUT2D eigenvalue weighted by molar-refractivity contribution is 7.90. The van der Waals surface area contributed by atoms with Crippen LogP contribution in [0.3, 0.4) is 0 Å². The van der Waals surface area contributed by atoms with Crippen LogP contribution in [0.1, 0.15) is 6.92 Å². The summed E-state index contributed by atoms with van der Waals surface area (Å²) in [5.74, 6) is 0. The summed E-state index contributed by atoms with van der Waals surface area (Å²) >= 11 is 8.50. The Morgan fingerprint density at radius 3 is 2.90 bits per heavy atom. The van der Waals surface area contributed by atoms with Crippen LogP contribution < -0.4 is 0 Å². The fourth-order valence-corrected chi connectivity index (χ4v) is 1.10. The first-order valence-electron chi connectivity index (χ1n) is 3.01. The zero-order chi connectivity index (χ0) is 7.56. The number of aliphatic imine (C=N–C) groups is 1. The molecule has 0 N–H and O–H groups in total. The predicted molar refractivity (Wildman–Crippen MR) is 52.1 cm³/mol. The number of hydrogen-bond donors (Lipinski definition) is 2. The van der Waals surface area contributed by atoms with Crippen molar-refractivity contribution in [2.24, 2.45) is 4.99 Å². The van der Waals surface area contributed by atoms with Crippen molar-refractivity contribution in [2.75, 3.05) is 6.54 Å². The van der Waals surface area contributed by atoms with Crippen molar-refractivity contribution in [2.45, 2.75) is 6.92 Å². The molecule has 0 fully saturated rings. The lowest BCUT2D eigenvalue weighted by molar-refractivity contribution is 1.26. The monoisotopic (exact) mass is 171 g/mol. The van der Waals surface area contributed by atoms with E-state index < -0.39 is 0 Å². The first-order chi connectivity index (χ1) is 4.72. The number of rotatable bonds is 0. The molecular formula is C7H9NS2. The van der Waals surface area contributed by atoms with Gasteiger partial charge in [0, 0.05) is 16.0 Å². The van der Waals surface area contributed by atoms with Gasteiger partial charge in [0.2, 0.25) is 0 Å². The zero-order valence-corrected chi connectivity index (χ0v) is 7.49. The standard InChI is InChI=1S/C7H9NS2/c1-5-4-8-3-2-6(9)7(5)10/h2,4,9-10H,3H2,1H3. The van der Waals surface area contributed by atoms with Crippen molar-refractivity contribution in [3.8, 4) is 0 Å². The van der Waals surface area contributed by atoms with Crippen molar-refractivity contribution < 1.29 is 0 Å². The molecule has 0 amide bonds. The van der Waals surface area contributed by atoms with E-state index in [0.717, 1.165) is 15.4 Å². The maximum absolute atomic E-state index is 4.26. The van der Waals surface area contributed by atoms with Crippen molar-refractivity contribution in [1.82, 2.24) is 0 Å². The molecule has 0 spiro atoms. The van der Waals surface area contributed by atoms with Gasteiger partial charge in [0.25, 0.3) is 0 Å². The van der Waals surface area contributed by atoms with Gasteiger partial charge in [-0.05, 0) is 18.6 Å². The summed E-state index contributed by atoms with van der Waals surface area (Å²) in [4.78, 5) is 5.93. The number of thiol groups is 2. The van der Waals surface area contributed by atoms with E-state index in [9.17, 15) is 0 Å². The number of allylic oxidation sites excluding steroid dienone is 1. The summed E-state index contributed by atoms with van der Waals surface area (Å²) in [6.07, 6.45) is 3.76. The minimum absolute atomic E-state index is 0.709. The van der Waals surface area contributed by atoms with E-state index in [1.807, 2.05) is 19.2 Å². The third-order valence-electron chi connectivity index (χ3n) is 1.29. The molecule has 1 aliphatic heterocycles. The summed E-state index contributed by atoms with van der Waals surface area (Å²) in [6.45, 7) is 2.68. The molecule has 0 radical (unpaired) electrons. The van der Waals surface area contributed by atoms with Crippen LogP contribution in [-0.2, 0) is 0 Å². The molecule has 0 atom stereocenters. The van der Waals surface area contributed by atoms with E-state index >= 15 is 0 Å². The van der Waals surface area contributed by atoms with Crippen LogP contribution in [0, 0.1) is 0 Å². The van der Waals surface area contributed by atoms with E-state index in [0.29, 0.717) is 6.54 Å². The fraction of sp³-hybridized carbons (Fsp3) is 0.286. The third kappa shape index (κ3) is 1.67. The van der Waals surface area contributed by atoms with Gasteiger partial charge in [-0.1, -0.05) is 0 Å².